The zero-order chi connectivity index (χ0) is 29.6. The lowest BCUT2D eigenvalue weighted by molar-refractivity contribution is -0.141. The molecule has 2 aromatic rings. The Morgan fingerprint density at radius 1 is 1.10 bits per heavy atom. The zero-order valence-corrected chi connectivity index (χ0v) is 24.2. The third kappa shape index (κ3) is 6.11. The van der Waals surface area contributed by atoms with E-state index < -0.39 is 54.8 Å². The molecule has 14 heteroatoms. The topological polar surface area (TPSA) is 145 Å². The second-order valence-electron chi connectivity index (χ2n) is 10.1. The molecule has 0 aromatic carbocycles. The first-order valence-corrected chi connectivity index (χ1v) is 14.9. The molecular formula is C25H36F3N2O7PS. The molecule has 0 saturated carbocycles. The lowest BCUT2D eigenvalue weighted by atomic mass is 9.88. The van der Waals surface area contributed by atoms with Gasteiger partial charge < -0.3 is 29.9 Å². The van der Waals surface area contributed by atoms with Gasteiger partial charge in [0.1, 0.15) is 34.3 Å². The van der Waals surface area contributed by atoms with Gasteiger partial charge in [-0.1, -0.05) is 39.9 Å². The maximum Gasteiger partial charge on any atom is 0.433 e. The van der Waals surface area contributed by atoms with Gasteiger partial charge in [-0.15, -0.1) is 0 Å². The highest BCUT2D eigenvalue weighted by molar-refractivity contribution is 7.71. The zero-order valence-electron chi connectivity index (χ0n) is 22.4. The number of halogens is 3. The summed E-state index contributed by atoms with van der Waals surface area (Å²) >= 11 is 5.34. The van der Waals surface area contributed by atoms with Gasteiger partial charge in [0.05, 0.1) is 11.7 Å². The van der Waals surface area contributed by atoms with Crippen LogP contribution in [0.15, 0.2) is 12.1 Å². The number of hydrogen-bond donors (Lipinski definition) is 5. The van der Waals surface area contributed by atoms with E-state index in [0.29, 0.717) is 5.39 Å². The number of aliphatic hydroxyl groups is 3. The van der Waals surface area contributed by atoms with Crippen LogP contribution in [-0.2, 0) is 20.0 Å². The molecule has 1 fully saturated rings. The first kappa shape index (κ1) is 32.1. The van der Waals surface area contributed by atoms with E-state index in [4.69, 9.17) is 21.5 Å². The molecule has 3 heterocycles. The number of alkyl halides is 3. The number of hydrogen-bond acceptors (Lipinski definition) is 8. The quantitative estimate of drug-likeness (QED) is 0.179. The first-order chi connectivity index (χ1) is 18.0. The summed E-state index contributed by atoms with van der Waals surface area (Å²) in [5.41, 5.74) is -2.27. The minimum absolute atomic E-state index is 0.0109. The molecule has 1 aliphatic rings. The van der Waals surface area contributed by atoms with E-state index in [-0.39, 0.29) is 53.5 Å². The first-order valence-electron chi connectivity index (χ1n) is 12.9. The van der Waals surface area contributed by atoms with Crippen molar-refractivity contribution in [2.24, 2.45) is 0 Å². The summed E-state index contributed by atoms with van der Waals surface area (Å²) in [4.78, 5) is 17.1. The van der Waals surface area contributed by atoms with Crippen molar-refractivity contribution in [1.82, 2.24) is 9.97 Å². The number of nitrogens with zero attached hydrogens (tertiary/aromatic N) is 1. The summed E-state index contributed by atoms with van der Waals surface area (Å²) in [6, 6.07) is 2.76. The molecule has 0 spiro atoms. The Labute approximate surface area is 229 Å². The average Bonchev–Trinajstić information content (AvgIpc) is 3.14. The molecule has 5 unspecified atom stereocenters. The van der Waals surface area contributed by atoms with Gasteiger partial charge in [0.2, 0.25) is 0 Å². The van der Waals surface area contributed by atoms with Gasteiger partial charge in [-0.2, -0.15) is 13.2 Å². The molecule has 5 atom stereocenters. The average molecular weight is 597 g/mol. The van der Waals surface area contributed by atoms with Crippen molar-refractivity contribution in [3.63, 3.8) is 0 Å². The van der Waals surface area contributed by atoms with Gasteiger partial charge in [-0.3, -0.25) is 9.09 Å². The largest absolute Gasteiger partial charge is 0.433 e. The number of rotatable bonds is 10. The van der Waals surface area contributed by atoms with E-state index in [0.717, 1.165) is 0 Å². The molecule has 0 aliphatic carbocycles. The minimum atomic E-state index is -4.65. The van der Waals surface area contributed by atoms with Crippen molar-refractivity contribution >= 4 is 30.8 Å². The predicted octanol–water partition coefficient (Wildman–Crippen LogP) is 5.44. The number of aliphatic hydroxyl groups excluding tert-OH is 2. The van der Waals surface area contributed by atoms with Gasteiger partial charge in [-0.05, 0) is 50.3 Å². The Hall–Kier alpha value is -1.44. The van der Waals surface area contributed by atoms with Crippen LogP contribution in [0.1, 0.15) is 82.7 Å². The maximum absolute atomic E-state index is 13.3. The second kappa shape index (κ2) is 11.4. The van der Waals surface area contributed by atoms with Crippen molar-refractivity contribution in [2.45, 2.75) is 108 Å². The summed E-state index contributed by atoms with van der Waals surface area (Å²) in [6.07, 6.45) is -9.33. The minimum Gasteiger partial charge on any atom is -0.388 e. The molecule has 220 valence electrons. The van der Waals surface area contributed by atoms with Gasteiger partial charge in [0.15, 0.2) is 5.34 Å². The number of H-pyrrole nitrogens is 1. The Bertz CT molecular complexity index is 1300. The highest BCUT2D eigenvalue weighted by atomic mass is 32.1. The normalized spacial score (nSPS) is 24.3. The number of aryl methyl sites for hydroxylation is 1. The van der Waals surface area contributed by atoms with Gasteiger partial charge in [0.25, 0.3) is 0 Å². The van der Waals surface area contributed by atoms with E-state index in [1.807, 2.05) is 0 Å². The molecule has 0 bridgehead atoms. The van der Waals surface area contributed by atoms with Crippen LogP contribution in [0, 0.1) is 11.6 Å². The van der Waals surface area contributed by atoms with Gasteiger partial charge >= 0.3 is 13.8 Å². The Kier molecular flexibility index (Phi) is 9.41. The van der Waals surface area contributed by atoms with Gasteiger partial charge in [0, 0.05) is 17.4 Å². The van der Waals surface area contributed by atoms with Crippen molar-refractivity contribution < 1.29 is 47.2 Å². The lowest BCUT2D eigenvalue weighted by Crippen LogP contribution is -2.42. The number of ether oxygens (including phenoxy) is 1. The SMILES string of the molecule is CCC(CC)(CC1OC(c2cc3cc(C)c(C(F)(F)F)nc3[nH]c2=S)C(O)C1O)OP(=O)(O)C(O)(CC)CC. The highest BCUT2D eigenvalue weighted by Crippen LogP contribution is 2.61. The van der Waals surface area contributed by atoms with Crippen molar-refractivity contribution in [2.75, 3.05) is 0 Å². The number of pyridine rings is 2. The Morgan fingerprint density at radius 2 is 1.69 bits per heavy atom. The molecule has 1 saturated heterocycles. The lowest BCUT2D eigenvalue weighted by Gasteiger charge is -2.40. The monoisotopic (exact) mass is 596 g/mol. The van der Waals surface area contributed by atoms with Crippen molar-refractivity contribution in [3.8, 4) is 0 Å². The number of aromatic nitrogens is 2. The van der Waals surface area contributed by atoms with Crippen molar-refractivity contribution in [1.29, 1.82) is 0 Å². The molecule has 2 aromatic heterocycles. The van der Waals surface area contributed by atoms with Crippen LogP contribution < -0.4 is 0 Å². The van der Waals surface area contributed by atoms with E-state index in [1.54, 1.807) is 27.7 Å². The van der Waals surface area contributed by atoms with Crippen LogP contribution in [-0.4, -0.2) is 59.4 Å². The molecule has 5 N–H and O–H groups in total. The molecule has 9 nitrogen and oxygen atoms in total. The predicted molar refractivity (Wildman–Crippen MR) is 141 cm³/mol. The van der Waals surface area contributed by atoms with Crippen LogP contribution in [0.5, 0.6) is 0 Å². The number of fused-ring (bicyclic) bond motifs is 1. The molecular weight excluding hydrogens is 560 g/mol. The van der Waals surface area contributed by atoms with E-state index >= 15 is 0 Å². The second-order valence-corrected chi connectivity index (χ2v) is 12.6. The van der Waals surface area contributed by atoms with Crippen LogP contribution in [0.25, 0.3) is 11.0 Å². The smallest absolute Gasteiger partial charge is 0.388 e. The molecule has 0 radical (unpaired) electrons. The van der Waals surface area contributed by atoms with Crippen LogP contribution in [0.3, 0.4) is 0 Å². The summed E-state index contributed by atoms with van der Waals surface area (Å²) in [7, 11) is -4.54. The highest BCUT2D eigenvalue weighted by Gasteiger charge is 2.52. The molecule has 3 rings (SSSR count). The van der Waals surface area contributed by atoms with Gasteiger partial charge in [-0.25, -0.2) is 4.98 Å². The summed E-state index contributed by atoms with van der Waals surface area (Å²) in [5.74, 6) is 0. The standard InChI is InChI=1S/C25H36F3N2O7PS/c1-6-23(7-2,37-38(34,35)24(33,8-3)9-4)12-16-17(31)18(32)19(36-16)15-11-14-10-13(5)20(25(26,27)28)29-21(14)30-22(15)39/h10-11,16-19,31-33H,6-9,12H2,1-5H3,(H,34,35)(H,29,30,39). The Morgan fingerprint density at radius 3 is 2.21 bits per heavy atom. The fraction of sp³-hybridized carbons (Fsp3) is 0.680. The van der Waals surface area contributed by atoms with E-state index in [9.17, 15) is 37.9 Å². The van der Waals surface area contributed by atoms with Crippen LogP contribution in [0.2, 0.25) is 0 Å². The van der Waals surface area contributed by atoms with Crippen LogP contribution in [0.4, 0.5) is 13.2 Å². The third-order valence-corrected chi connectivity index (χ3v) is 10.5. The summed E-state index contributed by atoms with van der Waals surface area (Å²) in [6.45, 7) is 7.91. The maximum atomic E-state index is 13.3. The number of aromatic amines is 1. The summed E-state index contributed by atoms with van der Waals surface area (Å²) < 4.78 is 64.8. The fourth-order valence-electron chi connectivity index (χ4n) is 5.00. The molecule has 39 heavy (non-hydrogen) atoms. The third-order valence-electron chi connectivity index (χ3n) is 7.82. The van der Waals surface area contributed by atoms with Crippen molar-refractivity contribution in [3.05, 3.63) is 33.6 Å². The summed E-state index contributed by atoms with van der Waals surface area (Å²) in [5, 5.41) is 30.8. The number of nitrogens with one attached hydrogen (secondary N) is 1. The molecule has 0 amide bonds. The van der Waals surface area contributed by atoms with E-state index in [1.165, 1.54) is 19.1 Å². The van der Waals surface area contributed by atoms with E-state index in [2.05, 4.69) is 9.97 Å². The van der Waals surface area contributed by atoms with Crippen LogP contribution >= 0.6 is 19.8 Å². The molecule has 1 aliphatic heterocycles. The fourth-order valence-corrected chi connectivity index (χ4v) is 7.10. The Balaban J connectivity index is 1.94.